The minimum absolute atomic E-state index is 0.0475. The van der Waals surface area contributed by atoms with Gasteiger partial charge < -0.3 is 4.74 Å². The third-order valence-corrected chi connectivity index (χ3v) is 1.30. The van der Waals surface area contributed by atoms with E-state index in [1.807, 2.05) is 6.07 Å². The molecule has 0 heterocycles. The lowest BCUT2D eigenvalue weighted by Gasteiger charge is -1.99. The summed E-state index contributed by atoms with van der Waals surface area (Å²) in [4.78, 5) is 9.92. The number of carbonyl (C=O) groups is 1. The minimum atomic E-state index is 0.0475. The van der Waals surface area contributed by atoms with E-state index in [4.69, 9.17) is 10.00 Å². The molecule has 0 fully saturated rings. The van der Waals surface area contributed by atoms with Gasteiger partial charge in [0.15, 0.2) is 6.29 Å². The highest BCUT2D eigenvalue weighted by molar-refractivity contribution is 5.51. The van der Waals surface area contributed by atoms with Gasteiger partial charge in [-0.2, -0.15) is 5.26 Å². The second-order valence-corrected chi connectivity index (χ2v) is 2.11. The van der Waals surface area contributed by atoms with Crippen LogP contribution in [-0.2, 0) is 4.79 Å². The summed E-state index contributed by atoms with van der Waals surface area (Å²) in [7, 11) is 0. The van der Waals surface area contributed by atoms with Crippen molar-refractivity contribution in [3.63, 3.8) is 0 Å². The summed E-state index contributed by atoms with van der Waals surface area (Å²) in [5.41, 5.74) is 0.577. The molecule has 0 N–H and O–H groups in total. The molecule has 1 aromatic carbocycles. The fourth-order valence-corrected chi connectivity index (χ4v) is 0.756. The molecule has 0 spiro atoms. The number of carbonyl (C=O) groups excluding carboxylic acids is 1. The normalized spacial score (nSPS) is 8.58. The monoisotopic (exact) mass is 161 g/mol. The SMILES string of the molecule is N#Cc1ccc(OCC=O)cc1. The average Bonchev–Trinajstić information content (AvgIpc) is 2.15. The van der Waals surface area contributed by atoms with Gasteiger partial charge in [-0.25, -0.2) is 0 Å². The van der Waals surface area contributed by atoms with Gasteiger partial charge in [0.2, 0.25) is 0 Å². The third kappa shape index (κ3) is 2.10. The Morgan fingerprint density at radius 1 is 1.42 bits per heavy atom. The van der Waals surface area contributed by atoms with Crippen LogP contribution in [0.1, 0.15) is 5.56 Å². The zero-order valence-corrected chi connectivity index (χ0v) is 6.36. The summed E-state index contributed by atoms with van der Waals surface area (Å²) >= 11 is 0. The lowest BCUT2D eigenvalue weighted by molar-refractivity contribution is -0.109. The maximum atomic E-state index is 9.92. The molecule has 0 radical (unpaired) electrons. The maximum Gasteiger partial charge on any atom is 0.157 e. The minimum Gasteiger partial charge on any atom is -0.486 e. The zero-order valence-electron chi connectivity index (χ0n) is 6.36. The van der Waals surface area contributed by atoms with Crippen molar-refractivity contribution in [2.45, 2.75) is 0 Å². The summed E-state index contributed by atoms with van der Waals surface area (Å²) in [6.07, 6.45) is 0.679. The van der Waals surface area contributed by atoms with Gasteiger partial charge in [-0.15, -0.1) is 0 Å². The Hall–Kier alpha value is -1.82. The Kier molecular flexibility index (Phi) is 2.86. The van der Waals surface area contributed by atoms with Crippen molar-refractivity contribution in [2.24, 2.45) is 0 Å². The number of nitrogens with zero attached hydrogens (tertiary/aromatic N) is 1. The summed E-state index contributed by atoms with van der Waals surface area (Å²) in [6.45, 7) is 0.0475. The number of nitriles is 1. The summed E-state index contributed by atoms with van der Waals surface area (Å²) in [5, 5.41) is 8.46. The number of hydrogen-bond donors (Lipinski definition) is 0. The molecule has 0 aliphatic carbocycles. The van der Waals surface area contributed by atoms with Gasteiger partial charge in [0.1, 0.15) is 12.4 Å². The molecule has 1 rings (SSSR count). The van der Waals surface area contributed by atoms with Gasteiger partial charge in [-0.05, 0) is 24.3 Å². The Bertz CT molecular complexity index is 297. The van der Waals surface area contributed by atoms with E-state index in [2.05, 4.69) is 0 Å². The summed E-state index contributed by atoms with van der Waals surface area (Å²) in [6, 6.07) is 8.57. The Morgan fingerprint density at radius 2 is 2.08 bits per heavy atom. The van der Waals surface area contributed by atoms with Crippen LogP contribution >= 0.6 is 0 Å². The predicted octanol–water partition coefficient (Wildman–Crippen LogP) is 1.14. The van der Waals surface area contributed by atoms with E-state index in [0.29, 0.717) is 17.6 Å². The first-order valence-electron chi connectivity index (χ1n) is 3.43. The highest BCUT2D eigenvalue weighted by Crippen LogP contribution is 2.10. The van der Waals surface area contributed by atoms with Gasteiger partial charge in [-0.3, -0.25) is 4.79 Å². The molecular formula is C9H7NO2. The highest BCUT2D eigenvalue weighted by Gasteiger charge is 1.92. The number of aldehydes is 1. The van der Waals surface area contributed by atoms with Crippen molar-refractivity contribution in [1.29, 1.82) is 5.26 Å². The van der Waals surface area contributed by atoms with E-state index in [9.17, 15) is 4.79 Å². The van der Waals surface area contributed by atoms with E-state index in [1.165, 1.54) is 0 Å². The summed E-state index contributed by atoms with van der Waals surface area (Å²) < 4.78 is 4.98. The molecule has 0 atom stereocenters. The van der Waals surface area contributed by atoms with Crippen LogP contribution in [0.15, 0.2) is 24.3 Å². The van der Waals surface area contributed by atoms with Crippen molar-refractivity contribution < 1.29 is 9.53 Å². The average molecular weight is 161 g/mol. The molecule has 0 aliphatic rings. The fourth-order valence-electron chi connectivity index (χ4n) is 0.756. The fraction of sp³-hybridized carbons (Fsp3) is 0.111. The molecule has 0 bridgehead atoms. The number of hydrogen-bond acceptors (Lipinski definition) is 3. The van der Waals surface area contributed by atoms with Gasteiger partial charge in [0.05, 0.1) is 11.6 Å². The first-order valence-corrected chi connectivity index (χ1v) is 3.43. The molecule has 0 aliphatic heterocycles. The van der Waals surface area contributed by atoms with E-state index in [1.54, 1.807) is 24.3 Å². The van der Waals surface area contributed by atoms with E-state index in [-0.39, 0.29) is 6.61 Å². The molecular weight excluding hydrogens is 154 g/mol. The van der Waals surface area contributed by atoms with Crippen molar-refractivity contribution >= 4 is 6.29 Å². The second-order valence-electron chi connectivity index (χ2n) is 2.11. The second kappa shape index (κ2) is 4.14. The summed E-state index contributed by atoms with van der Waals surface area (Å²) in [5.74, 6) is 0.598. The van der Waals surface area contributed by atoms with Crippen molar-refractivity contribution in [3.05, 3.63) is 29.8 Å². The van der Waals surface area contributed by atoms with E-state index >= 15 is 0 Å². The van der Waals surface area contributed by atoms with Gasteiger partial charge >= 0.3 is 0 Å². The van der Waals surface area contributed by atoms with Crippen LogP contribution in [0.25, 0.3) is 0 Å². The first-order chi connectivity index (χ1) is 5.86. The van der Waals surface area contributed by atoms with Gasteiger partial charge in [-0.1, -0.05) is 0 Å². The Labute approximate surface area is 70.2 Å². The molecule has 1 aromatic rings. The molecule has 0 unspecified atom stereocenters. The lowest BCUT2D eigenvalue weighted by Crippen LogP contribution is -1.96. The lowest BCUT2D eigenvalue weighted by atomic mass is 10.2. The Morgan fingerprint density at radius 3 is 2.58 bits per heavy atom. The van der Waals surface area contributed by atoms with Crippen LogP contribution in [0.3, 0.4) is 0 Å². The molecule has 0 saturated heterocycles. The molecule has 60 valence electrons. The first kappa shape index (κ1) is 8.28. The number of ether oxygens (including phenoxy) is 1. The van der Waals surface area contributed by atoms with Crippen LogP contribution < -0.4 is 4.74 Å². The molecule has 0 aromatic heterocycles. The van der Waals surface area contributed by atoms with E-state index < -0.39 is 0 Å². The van der Waals surface area contributed by atoms with Crippen LogP contribution in [0.5, 0.6) is 5.75 Å². The van der Waals surface area contributed by atoms with Crippen LogP contribution in [0.2, 0.25) is 0 Å². The highest BCUT2D eigenvalue weighted by atomic mass is 16.5. The topological polar surface area (TPSA) is 50.1 Å². The van der Waals surface area contributed by atoms with Crippen LogP contribution in [0, 0.1) is 11.3 Å². The predicted molar refractivity (Wildman–Crippen MR) is 42.7 cm³/mol. The Balaban J connectivity index is 2.66. The third-order valence-electron chi connectivity index (χ3n) is 1.30. The molecule has 3 nitrogen and oxygen atoms in total. The quantitative estimate of drug-likeness (QED) is 0.624. The van der Waals surface area contributed by atoms with Crippen LogP contribution in [-0.4, -0.2) is 12.9 Å². The van der Waals surface area contributed by atoms with Gasteiger partial charge in [0.25, 0.3) is 0 Å². The van der Waals surface area contributed by atoms with Crippen molar-refractivity contribution in [1.82, 2.24) is 0 Å². The maximum absolute atomic E-state index is 9.92. The molecule has 0 amide bonds. The molecule has 3 heteroatoms. The molecule has 0 saturated carbocycles. The number of benzene rings is 1. The van der Waals surface area contributed by atoms with Crippen molar-refractivity contribution in [2.75, 3.05) is 6.61 Å². The zero-order chi connectivity index (χ0) is 8.81. The smallest absolute Gasteiger partial charge is 0.157 e. The van der Waals surface area contributed by atoms with Gasteiger partial charge in [0, 0.05) is 0 Å². The standard InChI is InChI=1S/C9H7NO2/c10-7-8-1-3-9(4-2-8)12-6-5-11/h1-5H,6H2. The van der Waals surface area contributed by atoms with Crippen LogP contribution in [0.4, 0.5) is 0 Å². The largest absolute Gasteiger partial charge is 0.486 e. The molecule has 12 heavy (non-hydrogen) atoms. The van der Waals surface area contributed by atoms with Crippen molar-refractivity contribution in [3.8, 4) is 11.8 Å². The number of rotatable bonds is 3. The van der Waals surface area contributed by atoms with E-state index in [0.717, 1.165) is 0 Å².